The molecule has 0 unspecified atom stereocenters. The van der Waals surface area contributed by atoms with Gasteiger partial charge in [-0.1, -0.05) is 54.6 Å². The molecule has 2 rings (SSSR count). The van der Waals surface area contributed by atoms with Crippen LogP contribution in [0.2, 0.25) is 0 Å². The summed E-state index contributed by atoms with van der Waals surface area (Å²) >= 11 is 0. The Morgan fingerprint density at radius 1 is 1.04 bits per heavy atom. The molecular formula is C20H24O4. The van der Waals surface area contributed by atoms with E-state index in [2.05, 4.69) is 0 Å². The molecule has 0 bridgehead atoms. The maximum absolute atomic E-state index is 11.1. The van der Waals surface area contributed by atoms with Gasteiger partial charge in [0.15, 0.2) is 6.10 Å². The van der Waals surface area contributed by atoms with Crippen molar-refractivity contribution in [3.05, 3.63) is 71.3 Å². The van der Waals surface area contributed by atoms with Gasteiger partial charge in [0.05, 0.1) is 6.10 Å². The summed E-state index contributed by atoms with van der Waals surface area (Å²) < 4.78 is 5.23. The van der Waals surface area contributed by atoms with Crippen LogP contribution in [0, 0.1) is 0 Å². The minimum atomic E-state index is -0.938. The topological polar surface area (TPSA) is 66.8 Å². The maximum Gasteiger partial charge on any atom is 0.333 e. The van der Waals surface area contributed by atoms with Gasteiger partial charge in [-0.3, -0.25) is 0 Å². The average Bonchev–Trinajstić information content (AvgIpc) is 2.61. The lowest BCUT2D eigenvalue weighted by atomic mass is 9.99. The van der Waals surface area contributed by atoms with Crippen LogP contribution in [0.3, 0.4) is 0 Å². The van der Waals surface area contributed by atoms with Gasteiger partial charge in [0, 0.05) is 13.0 Å². The van der Waals surface area contributed by atoms with Gasteiger partial charge in [-0.2, -0.15) is 0 Å². The van der Waals surface area contributed by atoms with Gasteiger partial charge in [0.1, 0.15) is 0 Å². The molecule has 2 N–H and O–H groups in total. The molecule has 2 atom stereocenters. The molecule has 0 aliphatic heterocycles. The van der Waals surface area contributed by atoms with E-state index in [1.54, 1.807) is 6.92 Å². The summed E-state index contributed by atoms with van der Waals surface area (Å²) in [6.07, 6.45) is 0.501. The molecule has 2 aromatic rings. The van der Waals surface area contributed by atoms with Gasteiger partial charge in [-0.05, 0) is 36.5 Å². The number of carboxylic acids is 1. The first-order chi connectivity index (χ1) is 11.6. The zero-order valence-corrected chi connectivity index (χ0v) is 13.9. The first-order valence-electron chi connectivity index (χ1n) is 8.25. The second-order valence-electron chi connectivity index (χ2n) is 5.77. The highest BCUT2D eigenvalue weighted by Gasteiger charge is 2.17. The van der Waals surface area contributed by atoms with Crippen LogP contribution in [0.1, 0.15) is 36.1 Å². The van der Waals surface area contributed by atoms with Crippen molar-refractivity contribution >= 4 is 5.97 Å². The summed E-state index contributed by atoms with van der Waals surface area (Å²) in [4.78, 5) is 11.1. The van der Waals surface area contributed by atoms with E-state index in [-0.39, 0.29) is 0 Å². The quantitative estimate of drug-likeness (QED) is 0.740. The van der Waals surface area contributed by atoms with Gasteiger partial charge in [-0.25, -0.2) is 4.79 Å². The minimum absolute atomic E-state index is 0.357. The summed E-state index contributed by atoms with van der Waals surface area (Å²) in [5.41, 5.74) is 2.98. The number of aryl methyl sites for hydroxylation is 1. The summed E-state index contributed by atoms with van der Waals surface area (Å²) in [6, 6.07) is 17.5. The summed E-state index contributed by atoms with van der Waals surface area (Å²) in [6.45, 7) is 2.17. The van der Waals surface area contributed by atoms with Gasteiger partial charge < -0.3 is 14.9 Å². The number of aliphatic hydroxyl groups excluding tert-OH is 1. The van der Waals surface area contributed by atoms with Crippen LogP contribution in [0.15, 0.2) is 54.6 Å². The monoisotopic (exact) mass is 328 g/mol. The molecular weight excluding hydrogens is 304 g/mol. The third kappa shape index (κ3) is 5.48. The number of benzene rings is 2. The van der Waals surface area contributed by atoms with Crippen LogP contribution >= 0.6 is 0 Å². The Bertz CT molecular complexity index is 622. The van der Waals surface area contributed by atoms with Gasteiger partial charge in [0.25, 0.3) is 0 Å². The number of hydrogen-bond acceptors (Lipinski definition) is 3. The number of ether oxygens (including phenoxy) is 1. The number of rotatable bonds is 9. The molecule has 0 radical (unpaired) electrons. The number of aliphatic carboxylic acids is 1. The van der Waals surface area contributed by atoms with Gasteiger partial charge in [-0.15, -0.1) is 0 Å². The second-order valence-corrected chi connectivity index (χ2v) is 5.77. The van der Waals surface area contributed by atoms with Crippen LogP contribution in [-0.2, 0) is 22.4 Å². The standard InChI is InChI=1S/C20H24O4/c1-2-24-19(20(22)23)14-16-10-8-15(9-11-16)12-13-18(21)17-6-4-3-5-7-17/h3-11,18-19,21H,2,12-14H2,1H3,(H,22,23)/t18-,19+/m1/s1. The molecule has 24 heavy (non-hydrogen) atoms. The van der Waals surface area contributed by atoms with Crippen LogP contribution in [0.25, 0.3) is 0 Å². The highest BCUT2D eigenvalue weighted by Crippen LogP contribution is 2.19. The normalized spacial score (nSPS) is 13.4. The molecule has 0 heterocycles. The summed E-state index contributed by atoms with van der Waals surface area (Å²) in [7, 11) is 0. The average molecular weight is 328 g/mol. The highest BCUT2D eigenvalue weighted by atomic mass is 16.5. The molecule has 4 heteroatoms. The van der Waals surface area contributed by atoms with Crippen LogP contribution < -0.4 is 0 Å². The number of carboxylic acid groups (broad SMARTS) is 1. The zero-order chi connectivity index (χ0) is 17.4. The molecule has 0 aliphatic carbocycles. The summed E-state index contributed by atoms with van der Waals surface area (Å²) in [5, 5.41) is 19.3. The molecule has 0 fully saturated rings. The van der Waals surface area contributed by atoms with Crippen LogP contribution in [-0.4, -0.2) is 28.9 Å². The van der Waals surface area contributed by atoms with Gasteiger partial charge in [0.2, 0.25) is 0 Å². The van der Waals surface area contributed by atoms with Crippen molar-refractivity contribution < 1.29 is 19.7 Å². The molecule has 0 aromatic heterocycles. The van der Waals surface area contributed by atoms with E-state index in [1.807, 2.05) is 54.6 Å². The van der Waals surface area contributed by atoms with E-state index in [0.29, 0.717) is 19.4 Å². The fourth-order valence-corrected chi connectivity index (χ4v) is 2.62. The number of hydrogen-bond donors (Lipinski definition) is 2. The Labute approximate surface area is 142 Å². The molecule has 0 saturated carbocycles. The lowest BCUT2D eigenvalue weighted by Gasteiger charge is -2.13. The Balaban J connectivity index is 1.89. The predicted molar refractivity (Wildman–Crippen MR) is 92.9 cm³/mol. The fraction of sp³-hybridized carbons (Fsp3) is 0.350. The lowest BCUT2D eigenvalue weighted by molar-refractivity contribution is -0.149. The second kappa shape index (κ2) is 9.21. The Hall–Kier alpha value is -2.17. The first kappa shape index (κ1) is 18.2. The number of carbonyl (C=O) groups is 1. The Morgan fingerprint density at radius 3 is 2.25 bits per heavy atom. The SMILES string of the molecule is CCO[C@@H](Cc1ccc(CC[C@@H](O)c2ccccc2)cc1)C(=O)O. The maximum atomic E-state index is 11.1. The van der Waals surface area contributed by atoms with E-state index < -0.39 is 18.2 Å². The lowest BCUT2D eigenvalue weighted by Crippen LogP contribution is -2.26. The van der Waals surface area contributed by atoms with Crippen molar-refractivity contribution in [2.75, 3.05) is 6.61 Å². The van der Waals surface area contributed by atoms with Crippen molar-refractivity contribution in [2.45, 2.75) is 38.4 Å². The predicted octanol–water partition coefficient (Wildman–Crippen LogP) is 3.39. The Kier molecular flexibility index (Phi) is 6.97. The van der Waals surface area contributed by atoms with Crippen molar-refractivity contribution in [1.82, 2.24) is 0 Å². The Morgan fingerprint density at radius 2 is 1.67 bits per heavy atom. The molecule has 0 spiro atoms. The van der Waals surface area contributed by atoms with E-state index in [0.717, 1.165) is 23.1 Å². The first-order valence-corrected chi connectivity index (χ1v) is 8.25. The van der Waals surface area contributed by atoms with Crippen LogP contribution in [0.5, 0.6) is 0 Å². The zero-order valence-electron chi connectivity index (χ0n) is 13.9. The molecule has 4 nitrogen and oxygen atoms in total. The molecule has 2 aromatic carbocycles. The molecule has 0 aliphatic rings. The minimum Gasteiger partial charge on any atom is -0.479 e. The van der Waals surface area contributed by atoms with Crippen LogP contribution in [0.4, 0.5) is 0 Å². The number of aliphatic hydroxyl groups is 1. The highest BCUT2D eigenvalue weighted by molar-refractivity contribution is 5.72. The summed E-state index contributed by atoms with van der Waals surface area (Å²) in [5.74, 6) is -0.938. The largest absolute Gasteiger partial charge is 0.479 e. The van der Waals surface area contributed by atoms with Crippen molar-refractivity contribution in [3.8, 4) is 0 Å². The van der Waals surface area contributed by atoms with E-state index >= 15 is 0 Å². The van der Waals surface area contributed by atoms with Crippen molar-refractivity contribution in [3.63, 3.8) is 0 Å². The van der Waals surface area contributed by atoms with Crippen molar-refractivity contribution in [2.24, 2.45) is 0 Å². The molecule has 0 saturated heterocycles. The third-order valence-electron chi connectivity index (χ3n) is 3.98. The van der Waals surface area contributed by atoms with E-state index in [1.165, 1.54) is 0 Å². The van der Waals surface area contributed by atoms with E-state index in [4.69, 9.17) is 9.84 Å². The van der Waals surface area contributed by atoms with E-state index in [9.17, 15) is 9.90 Å². The third-order valence-corrected chi connectivity index (χ3v) is 3.98. The van der Waals surface area contributed by atoms with Gasteiger partial charge >= 0.3 is 5.97 Å². The molecule has 0 amide bonds. The smallest absolute Gasteiger partial charge is 0.333 e. The molecule has 128 valence electrons. The fourth-order valence-electron chi connectivity index (χ4n) is 2.62. The van der Waals surface area contributed by atoms with Crippen molar-refractivity contribution in [1.29, 1.82) is 0 Å².